The van der Waals surface area contributed by atoms with Gasteiger partial charge in [-0.1, -0.05) is 38.3 Å². The zero-order valence-electron chi connectivity index (χ0n) is 15.2. The molecule has 1 heterocycles. The van der Waals surface area contributed by atoms with Gasteiger partial charge in [-0.25, -0.2) is 9.78 Å². The topological polar surface area (TPSA) is 39.2 Å². The minimum atomic E-state index is -0.359. The van der Waals surface area contributed by atoms with E-state index in [4.69, 9.17) is 4.74 Å². The van der Waals surface area contributed by atoms with Crippen LogP contribution in [0.1, 0.15) is 60.8 Å². The van der Waals surface area contributed by atoms with Gasteiger partial charge in [0.25, 0.3) is 0 Å². The molecule has 0 amide bonds. The summed E-state index contributed by atoms with van der Waals surface area (Å²) >= 11 is 0. The standard InChI is InChI=1S/C22H25NO2/c1-4-25-22(24)20-13-15-21(23-16-20)14-12-19-10-8-18(9-11-19)7-5-6-17(2)3/h8-11,13,15-17H,4-7H2,1-3H3. The van der Waals surface area contributed by atoms with Gasteiger partial charge in [-0.05, 0) is 61.4 Å². The summed E-state index contributed by atoms with van der Waals surface area (Å²) in [5.41, 5.74) is 3.39. The van der Waals surface area contributed by atoms with Gasteiger partial charge in [0.1, 0.15) is 5.69 Å². The average molecular weight is 335 g/mol. The fraction of sp³-hybridized carbons (Fsp3) is 0.364. The average Bonchev–Trinajstić information content (AvgIpc) is 2.61. The van der Waals surface area contributed by atoms with E-state index in [0.717, 1.165) is 17.9 Å². The number of carbonyl (C=O) groups is 1. The lowest BCUT2D eigenvalue weighted by Gasteiger charge is -2.04. The van der Waals surface area contributed by atoms with Gasteiger partial charge in [-0.3, -0.25) is 0 Å². The summed E-state index contributed by atoms with van der Waals surface area (Å²) in [7, 11) is 0. The number of ether oxygens (including phenoxy) is 1. The Morgan fingerprint density at radius 1 is 1.12 bits per heavy atom. The third-order valence-corrected chi connectivity index (χ3v) is 3.81. The van der Waals surface area contributed by atoms with Gasteiger partial charge < -0.3 is 4.74 Å². The Bertz CT molecular complexity index is 734. The summed E-state index contributed by atoms with van der Waals surface area (Å²) in [6.07, 6.45) is 5.09. The van der Waals surface area contributed by atoms with Crippen molar-refractivity contribution >= 4 is 5.97 Å². The van der Waals surface area contributed by atoms with Gasteiger partial charge in [0.2, 0.25) is 0 Å². The third kappa shape index (κ3) is 6.43. The van der Waals surface area contributed by atoms with Crippen LogP contribution in [-0.4, -0.2) is 17.6 Å². The van der Waals surface area contributed by atoms with Gasteiger partial charge in [0.05, 0.1) is 12.2 Å². The number of benzene rings is 1. The third-order valence-electron chi connectivity index (χ3n) is 3.81. The van der Waals surface area contributed by atoms with Gasteiger partial charge in [0, 0.05) is 11.8 Å². The van der Waals surface area contributed by atoms with Crippen molar-refractivity contribution in [2.45, 2.75) is 40.0 Å². The number of aryl methyl sites for hydroxylation is 1. The second-order valence-corrected chi connectivity index (χ2v) is 6.39. The van der Waals surface area contributed by atoms with Gasteiger partial charge >= 0.3 is 5.97 Å². The fourth-order valence-corrected chi connectivity index (χ4v) is 2.41. The van der Waals surface area contributed by atoms with E-state index in [2.05, 4.69) is 42.8 Å². The number of hydrogen-bond donors (Lipinski definition) is 0. The Morgan fingerprint density at radius 3 is 2.48 bits per heavy atom. The van der Waals surface area contributed by atoms with Gasteiger partial charge in [0.15, 0.2) is 0 Å². The Kier molecular flexibility index (Phi) is 7.22. The van der Waals surface area contributed by atoms with Crippen LogP contribution >= 0.6 is 0 Å². The molecular formula is C22H25NO2. The van der Waals surface area contributed by atoms with Crippen molar-refractivity contribution in [3.63, 3.8) is 0 Å². The molecule has 0 aliphatic rings. The smallest absolute Gasteiger partial charge is 0.339 e. The number of rotatable bonds is 6. The number of nitrogens with zero attached hydrogens (tertiary/aromatic N) is 1. The highest BCUT2D eigenvalue weighted by molar-refractivity contribution is 5.89. The molecule has 0 atom stereocenters. The molecule has 0 aliphatic heterocycles. The summed E-state index contributed by atoms with van der Waals surface area (Å²) in [6, 6.07) is 11.8. The monoisotopic (exact) mass is 335 g/mol. The quantitative estimate of drug-likeness (QED) is 0.570. The van der Waals surface area contributed by atoms with Crippen LogP contribution in [0, 0.1) is 17.8 Å². The molecule has 0 N–H and O–H groups in total. The summed E-state index contributed by atoms with van der Waals surface area (Å²) in [5, 5.41) is 0. The van der Waals surface area contributed by atoms with Crippen molar-refractivity contribution in [2.24, 2.45) is 5.92 Å². The predicted octanol–water partition coefficient (Wildman–Crippen LogP) is 4.64. The predicted molar refractivity (Wildman–Crippen MR) is 100 cm³/mol. The van der Waals surface area contributed by atoms with Crippen molar-refractivity contribution < 1.29 is 9.53 Å². The molecule has 0 aliphatic carbocycles. The highest BCUT2D eigenvalue weighted by Gasteiger charge is 2.05. The first-order chi connectivity index (χ1) is 12.1. The van der Waals surface area contributed by atoms with Crippen LogP contribution in [0.3, 0.4) is 0 Å². The molecule has 2 rings (SSSR count). The van der Waals surface area contributed by atoms with Crippen LogP contribution in [0.5, 0.6) is 0 Å². The SMILES string of the molecule is CCOC(=O)c1ccc(C#Cc2ccc(CCCC(C)C)cc2)nc1. The summed E-state index contributed by atoms with van der Waals surface area (Å²) in [4.78, 5) is 15.8. The van der Waals surface area contributed by atoms with E-state index in [1.807, 2.05) is 12.1 Å². The second-order valence-electron chi connectivity index (χ2n) is 6.39. The largest absolute Gasteiger partial charge is 0.462 e. The molecular weight excluding hydrogens is 310 g/mol. The van der Waals surface area contributed by atoms with E-state index in [1.54, 1.807) is 19.1 Å². The molecule has 0 bridgehead atoms. The van der Waals surface area contributed by atoms with Crippen LogP contribution in [0.4, 0.5) is 0 Å². The van der Waals surface area contributed by atoms with Crippen LogP contribution in [-0.2, 0) is 11.2 Å². The molecule has 1 aromatic carbocycles. The first kappa shape index (κ1) is 18.7. The van der Waals surface area contributed by atoms with Crippen molar-refractivity contribution in [3.05, 3.63) is 65.0 Å². The van der Waals surface area contributed by atoms with Crippen molar-refractivity contribution in [1.29, 1.82) is 0 Å². The van der Waals surface area contributed by atoms with E-state index < -0.39 is 0 Å². The molecule has 25 heavy (non-hydrogen) atoms. The Hall–Kier alpha value is -2.60. The molecule has 1 aromatic heterocycles. The maximum absolute atomic E-state index is 11.6. The minimum absolute atomic E-state index is 0.355. The first-order valence-electron chi connectivity index (χ1n) is 8.82. The van der Waals surface area contributed by atoms with E-state index in [-0.39, 0.29) is 5.97 Å². The maximum Gasteiger partial charge on any atom is 0.339 e. The van der Waals surface area contributed by atoms with E-state index in [0.29, 0.717) is 17.9 Å². The molecule has 2 aromatic rings. The molecule has 0 unspecified atom stereocenters. The van der Waals surface area contributed by atoms with Crippen LogP contribution < -0.4 is 0 Å². The Morgan fingerprint density at radius 2 is 1.88 bits per heavy atom. The Labute approximate surface area is 150 Å². The molecule has 0 saturated heterocycles. The minimum Gasteiger partial charge on any atom is -0.462 e. The Balaban J connectivity index is 1.95. The van der Waals surface area contributed by atoms with E-state index in [1.165, 1.54) is 24.6 Å². The number of aromatic nitrogens is 1. The summed E-state index contributed by atoms with van der Waals surface area (Å²) in [5.74, 6) is 6.53. The van der Waals surface area contributed by atoms with Gasteiger partial charge in [-0.15, -0.1) is 0 Å². The fourth-order valence-electron chi connectivity index (χ4n) is 2.41. The number of carbonyl (C=O) groups excluding carboxylic acids is 1. The van der Waals surface area contributed by atoms with Crippen molar-refractivity contribution in [3.8, 4) is 11.8 Å². The maximum atomic E-state index is 11.6. The van der Waals surface area contributed by atoms with Crippen LogP contribution in [0.15, 0.2) is 42.6 Å². The van der Waals surface area contributed by atoms with Crippen LogP contribution in [0.25, 0.3) is 0 Å². The van der Waals surface area contributed by atoms with Gasteiger partial charge in [-0.2, -0.15) is 0 Å². The number of pyridine rings is 1. The number of hydrogen-bond acceptors (Lipinski definition) is 3. The lowest BCUT2D eigenvalue weighted by Crippen LogP contribution is -2.05. The highest BCUT2D eigenvalue weighted by atomic mass is 16.5. The normalized spacial score (nSPS) is 10.2. The van der Waals surface area contributed by atoms with Crippen molar-refractivity contribution in [2.75, 3.05) is 6.61 Å². The molecule has 0 radical (unpaired) electrons. The molecule has 3 nitrogen and oxygen atoms in total. The molecule has 0 spiro atoms. The van der Waals surface area contributed by atoms with E-state index in [9.17, 15) is 4.79 Å². The molecule has 3 heteroatoms. The second kappa shape index (κ2) is 9.64. The molecule has 0 saturated carbocycles. The molecule has 130 valence electrons. The number of esters is 1. The lowest BCUT2D eigenvalue weighted by molar-refractivity contribution is 0.0526. The molecule has 0 fully saturated rings. The van der Waals surface area contributed by atoms with Crippen LogP contribution in [0.2, 0.25) is 0 Å². The summed E-state index contributed by atoms with van der Waals surface area (Å²) < 4.78 is 4.93. The van der Waals surface area contributed by atoms with Crippen molar-refractivity contribution in [1.82, 2.24) is 4.98 Å². The zero-order chi connectivity index (χ0) is 18.1. The van der Waals surface area contributed by atoms with E-state index >= 15 is 0 Å². The zero-order valence-corrected chi connectivity index (χ0v) is 15.2. The summed E-state index contributed by atoms with van der Waals surface area (Å²) in [6.45, 7) is 6.65. The highest BCUT2D eigenvalue weighted by Crippen LogP contribution is 2.11. The lowest BCUT2D eigenvalue weighted by atomic mass is 10.0. The first-order valence-corrected chi connectivity index (χ1v) is 8.82.